The fraction of sp³-hybridized carbons (Fsp3) is 0.385. The highest BCUT2D eigenvalue weighted by atomic mass is 16.6. The summed E-state index contributed by atoms with van der Waals surface area (Å²) >= 11 is 0. The number of hydrogen-bond acceptors (Lipinski definition) is 5. The Morgan fingerprint density at radius 2 is 1.62 bits per heavy atom. The summed E-state index contributed by atoms with van der Waals surface area (Å²) in [4.78, 5) is 40.2. The summed E-state index contributed by atoms with van der Waals surface area (Å²) in [6.45, 7) is 5.85. The zero-order valence-corrected chi connectivity index (χ0v) is 11.8. The second kappa shape index (κ2) is 5.88. The molecule has 0 fully saturated rings. The van der Waals surface area contributed by atoms with Crippen molar-refractivity contribution in [1.82, 2.24) is 14.9 Å². The Morgan fingerprint density at radius 3 is 2.10 bits per heavy atom. The van der Waals surface area contributed by atoms with Gasteiger partial charge in [-0.05, 0) is 19.2 Å². The highest BCUT2D eigenvalue weighted by molar-refractivity contribution is 5.78. The van der Waals surface area contributed by atoms with Crippen LogP contribution in [0.15, 0.2) is 21.7 Å². The molecule has 0 saturated heterocycles. The van der Waals surface area contributed by atoms with E-state index in [0.29, 0.717) is 17.6 Å². The van der Waals surface area contributed by atoms with Crippen LogP contribution in [0.4, 0.5) is 5.69 Å². The van der Waals surface area contributed by atoms with Crippen LogP contribution >= 0.6 is 0 Å². The third-order valence-corrected chi connectivity index (χ3v) is 3.41. The number of benzene rings is 1. The zero-order chi connectivity index (χ0) is 15.6. The summed E-state index contributed by atoms with van der Waals surface area (Å²) in [5.74, 6) is 0. The fourth-order valence-corrected chi connectivity index (χ4v) is 2.18. The highest BCUT2D eigenvalue weighted by Gasteiger charge is 2.18. The average molecular weight is 292 g/mol. The van der Waals surface area contributed by atoms with Gasteiger partial charge in [0.1, 0.15) is 0 Å². The van der Waals surface area contributed by atoms with E-state index in [1.165, 1.54) is 6.07 Å². The lowest BCUT2D eigenvalue weighted by atomic mass is 10.1. The Morgan fingerprint density at radius 1 is 1.10 bits per heavy atom. The minimum absolute atomic E-state index is 0.0721. The third-order valence-electron chi connectivity index (χ3n) is 3.41. The predicted octanol–water partition coefficient (Wildman–Crippen LogP) is 0.966. The van der Waals surface area contributed by atoms with Gasteiger partial charge in [0.2, 0.25) is 0 Å². The molecule has 0 aliphatic carbocycles. The molecule has 2 rings (SSSR count). The van der Waals surface area contributed by atoms with Gasteiger partial charge in [0.15, 0.2) is 0 Å². The molecule has 1 aromatic heterocycles. The van der Waals surface area contributed by atoms with Crippen molar-refractivity contribution >= 4 is 16.7 Å². The number of aromatic amines is 2. The first kappa shape index (κ1) is 14.9. The van der Waals surface area contributed by atoms with E-state index in [2.05, 4.69) is 9.97 Å². The van der Waals surface area contributed by atoms with E-state index in [9.17, 15) is 19.7 Å². The quantitative estimate of drug-likeness (QED) is 0.484. The number of fused-ring (bicyclic) bond motifs is 1. The van der Waals surface area contributed by atoms with Crippen molar-refractivity contribution in [2.45, 2.75) is 20.4 Å². The Kier molecular flexibility index (Phi) is 4.18. The van der Waals surface area contributed by atoms with Gasteiger partial charge in [0.25, 0.3) is 5.69 Å². The van der Waals surface area contributed by atoms with Crippen LogP contribution in [-0.4, -0.2) is 32.9 Å². The fourth-order valence-electron chi connectivity index (χ4n) is 2.18. The molecule has 0 atom stereocenters. The lowest BCUT2D eigenvalue weighted by Gasteiger charge is -2.18. The van der Waals surface area contributed by atoms with Crippen LogP contribution in [0.2, 0.25) is 0 Å². The van der Waals surface area contributed by atoms with E-state index in [1.54, 1.807) is 6.07 Å². The SMILES string of the molecule is CCN(CC)Cc1cc2[nH]c(=O)c(=O)[nH]c2cc1[N+](=O)[O-]. The summed E-state index contributed by atoms with van der Waals surface area (Å²) in [5, 5.41) is 11.2. The molecule has 1 aromatic carbocycles. The van der Waals surface area contributed by atoms with E-state index >= 15 is 0 Å². The van der Waals surface area contributed by atoms with Crippen LogP contribution in [0, 0.1) is 10.1 Å². The molecule has 0 bridgehead atoms. The summed E-state index contributed by atoms with van der Waals surface area (Å²) in [5.41, 5.74) is -0.545. The molecule has 8 heteroatoms. The van der Waals surface area contributed by atoms with Crippen molar-refractivity contribution in [1.29, 1.82) is 0 Å². The van der Waals surface area contributed by atoms with E-state index in [4.69, 9.17) is 0 Å². The van der Waals surface area contributed by atoms with Crippen LogP contribution in [-0.2, 0) is 6.54 Å². The number of nitrogens with one attached hydrogen (secondary N) is 2. The summed E-state index contributed by atoms with van der Waals surface area (Å²) < 4.78 is 0. The Balaban J connectivity index is 2.64. The Hall–Kier alpha value is -2.48. The zero-order valence-electron chi connectivity index (χ0n) is 11.8. The molecule has 0 unspecified atom stereocenters. The molecule has 2 aromatic rings. The van der Waals surface area contributed by atoms with Gasteiger partial charge in [-0.3, -0.25) is 24.6 Å². The second-order valence-corrected chi connectivity index (χ2v) is 4.65. The highest BCUT2D eigenvalue weighted by Crippen LogP contribution is 2.24. The molecule has 0 aliphatic heterocycles. The van der Waals surface area contributed by atoms with Crippen LogP contribution in [0.25, 0.3) is 11.0 Å². The largest absolute Gasteiger partial charge is 0.316 e. The van der Waals surface area contributed by atoms with Crippen molar-refractivity contribution in [3.8, 4) is 0 Å². The number of hydrogen-bond donors (Lipinski definition) is 2. The number of H-pyrrole nitrogens is 2. The van der Waals surface area contributed by atoms with Crippen molar-refractivity contribution in [2.24, 2.45) is 0 Å². The van der Waals surface area contributed by atoms with Crippen LogP contribution < -0.4 is 11.1 Å². The topological polar surface area (TPSA) is 112 Å². The third kappa shape index (κ3) is 3.00. The molecule has 0 saturated carbocycles. The van der Waals surface area contributed by atoms with Crippen molar-refractivity contribution in [3.63, 3.8) is 0 Å². The van der Waals surface area contributed by atoms with Crippen LogP contribution in [0.5, 0.6) is 0 Å². The summed E-state index contributed by atoms with van der Waals surface area (Å²) in [6.07, 6.45) is 0. The van der Waals surface area contributed by atoms with Crippen LogP contribution in [0.1, 0.15) is 19.4 Å². The first-order valence-corrected chi connectivity index (χ1v) is 6.62. The molecule has 0 aliphatic rings. The first-order valence-electron chi connectivity index (χ1n) is 6.62. The molecule has 0 spiro atoms. The monoisotopic (exact) mass is 292 g/mol. The van der Waals surface area contributed by atoms with Gasteiger partial charge >= 0.3 is 11.1 Å². The molecule has 8 nitrogen and oxygen atoms in total. The molecule has 2 N–H and O–H groups in total. The second-order valence-electron chi connectivity index (χ2n) is 4.65. The van der Waals surface area contributed by atoms with Gasteiger partial charge in [-0.25, -0.2) is 0 Å². The summed E-state index contributed by atoms with van der Waals surface area (Å²) in [7, 11) is 0. The van der Waals surface area contributed by atoms with E-state index in [1.807, 2.05) is 18.7 Å². The van der Waals surface area contributed by atoms with Gasteiger partial charge in [-0.1, -0.05) is 13.8 Å². The maximum atomic E-state index is 11.4. The Bertz CT molecular complexity index is 789. The van der Waals surface area contributed by atoms with E-state index in [-0.39, 0.29) is 11.2 Å². The van der Waals surface area contributed by atoms with Gasteiger partial charge in [-0.2, -0.15) is 0 Å². The Labute approximate surface area is 119 Å². The molecule has 0 radical (unpaired) electrons. The van der Waals surface area contributed by atoms with Crippen molar-refractivity contribution in [3.05, 3.63) is 48.5 Å². The number of nitro groups is 1. The minimum Gasteiger partial charge on any atom is -0.316 e. The number of nitrogens with zero attached hydrogens (tertiary/aromatic N) is 2. The minimum atomic E-state index is -0.826. The maximum absolute atomic E-state index is 11.4. The van der Waals surface area contributed by atoms with Gasteiger partial charge in [0, 0.05) is 18.2 Å². The molecular weight excluding hydrogens is 276 g/mol. The number of nitro benzene ring substituents is 1. The molecule has 21 heavy (non-hydrogen) atoms. The standard InChI is InChI=1S/C13H16N4O4/c1-3-16(4-2)7-8-5-9-10(6-11(8)17(20)21)15-13(19)12(18)14-9/h5-6H,3-4,7H2,1-2H3,(H,14,18)(H,15,19). The van der Waals surface area contributed by atoms with Gasteiger partial charge < -0.3 is 9.97 Å². The van der Waals surface area contributed by atoms with Crippen molar-refractivity contribution < 1.29 is 4.92 Å². The molecule has 1 heterocycles. The average Bonchev–Trinajstić information content (AvgIpc) is 2.45. The normalized spacial score (nSPS) is 11.2. The van der Waals surface area contributed by atoms with Gasteiger partial charge in [-0.15, -0.1) is 0 Å². The van der Waals surface area contributed by atoms with Crippen molar-refractivity contribution in [2.75, 3.05) is 13.1 Å². The summed E-state index contributed by atoms with van der Waals surface area (Å²) in [6, 6.07) is 2.83. The molecular formula is C13H16N4O4. The van der Waals surface area contributed by atoms with Gasteiger partial charge in [0.05, 0.1) is 16.0 Å². The van der Waals surface area contributed by atoms with E-state index in [0.717, 1.165) is 13.1 Å². The molecule has 112 valence electrons. The number of aromatic nitrogens is 2. The van der Waals surface area contributed by atoms with E-state index < -0.39 is 16.0 Å². The molecule has 0 amide bonds. The smallest absolute Gasteiger partial charge is 0.314 e. The predicted molar refractivity (Wildman–Crippen MR) is 78.5 cm³/mol. The number of rotatable bonds is 5. The maximum Gasteiger partial charge on any atom is 0.314 e. The first-order chi connectivity index (χ1) is 9.96. The lowest BCUT2D eigenvalue weighted by Crippen LogP contribution is -2.29. The van der Waals surface area contributed by atoms with Crippen LogP contribution in [0.3, 0.4) is 0 Å². The lowest BCUT2D eigenvalue weighted by molar-refractivity contribution is -0.385.